The van der Waals surface area contributed by atoms with Gasteiger partial charge >= 0.3 is 0 Å². The molecule has 0 spiro atoms. The number of rotatable bonds is 3. The lowest BCUT2D eigenvalue weighted by Crippen LogP contribution is -2.07. The second kappa shape index (κ2) is 4.18. The van der Waals surface area contributed by atoms with Crippen LogP contribution < -0.4 is 4.74 Å². The number of ether oxygens (including phenoxy) is 1. The molecule has 0 saturated carbocycles. The number of aliphatic hydroxyl groups excluding tert-OH is 1. The minimum Gasteiger partial charge on any atom is -0.493 e. The van der Waals surface area contributed by atoms with E-state index >= 15 is 0 Å². The number of hydrogen-bond donors (Lipinski definition) is 1. The van der Waals surface area contributed by atoms with E-state index in [9.17, 15) is 5.11 Å². The number of nitrogens with zero attached hydrogens (tertiary/aromatic N) is 4. The molecule has 16 heavy (non-hydrogen) atoms. The molecule has 2 aromatic rings. The van der Waals surface area contributed by atoms with Gasteiger partial charge in [0.15, 0.2) is 5.75 Å². The van der Waals surface area contributed by atoms with Crippen LogP contribution in [0.4, 0.5) is 0 Å². The van der Waals surface area contributed by atoms with E-state index in [1.54, 1.807) is 25.0 Å². The first-order valence-corrected chi connectivity index (χ1v) is 5.45. The Morgan fingerprint density at radius 3 is 2.88 bits per heavy atom. The van der Waals surface area contributed by atoms with Gasteiger partial charge in [-0.3, -0.25) is 4.68 Å². The Morgan fingerprint density at radius 2 is 2.31 bits per heavy atom. The van der Waals surface area contributed by atoms with Crippen molar-refractivity contribution in [3.63, 3.8) is 0 Å². The molecule has 0 bridgehead atoms. The van der Waals surface area contributed by atoms with Crippen LogP contribution in [-0.2, 0) is 7.05 Å². The van der Waals surface area contributed by atoms with Crippen molar-refractivity contribution in [2.24, 2.45) is 7.05 Å². The lowest BCUT2D eigenvalue weighted by atomic mass is 10.2. The lowest BCUT2D eigenvalue weighted by Gasteiger charge is -2.11. The van der Waals surface area contributed by atoms with Gasteiger partial charge in [0.1, 0.15) is 11.8 Å². The van der Waals surface area contributed by atoms with E-state index in [1.807, 2.05) is 6.92 Å². The molecule has 0 amide bonds. The predicted molar refractivity (Wildman–Crippen MR) is 58.5 cm³/mol. The third-order valence-corrected chi connectivity index (χ3v) is 3.24. The van der Waals surface area contributed by atoms with Gasteiger partial charge < -0.3 is 9.84 Å². The van der Waals surface area contributed by atoms with Crippen LogP contribution in [0.3, 0.4) is 0 Å². The van der Waals surface area contributed by atoms with E-state index in [2.05, 4.69) is 14.7 Å². The van der Waals surface area contributed by atoms with E-state index in [0.717, 1.165) is 5.69 Å². The minimum absolute atomic E-state index is 0.558. The lowest BCUT2D eigenvalue weighted by molar-refractivity contribution is 0.207. The van der Waals surface area contributed by atoms with Crippen LogP contribution in [0.1, 0.15) is 22.4 Å². The summed E-state index contributed by atoms with van der Waals surface area (Å²) in [6, 6.07) is 0. The molecule has 2 heterocycles. The molecule has 1 N–H and O–H groups in total. The number of aromatic nitrogens is 4. The second-order valence-electron chi connectivity index (χ2n) is 3.35. The van der Waals surface area contributed by atoms with Gasteiger partial charge in [-0.05, 0) is 18.5 Å². The number of aliphatic hydroxyl groups is 1. The molecule has 0 aliphatic carbocycles. The molecule has 0 saturated heterocycles. The first kappa shape index (κ1) is 11.0. The Balaban J connectivity index is 2.44. The van der Waals surface area contributed by atoms with Crippen LogP contribution in [0, 0.1) is 6.92 Å². The molecular formula is C9H12N4O2S. The number of hydrogen-bond acceptors (Lipinski definition) is 6. The van der Waals surface area contributed by atoms with Gasteiger partial charge in [-0.25, -0.2) is 0 Å². The molecule has 86 valence electrons. The van der Waals surface area contributed by atoms with Gasteiger partial charge in [-0.2, -0.15) is 5.10 Å². The minimum atomic E-state index is -0.803. The van der Waals surface area contributed by atoms with Gasteiger partial charge in [0.25, 0.3) is 0 Å². The van der Waals surface area contributed by atoms with Crippen LogP contribution in [0.15, 0.2) is 6.20 Å². The monoisotopic (exact) mass is 240 g/mol. The second-order valence-corrected chi connectivity index (χ2v) is 4.13. The van der Waals surface area contributed by atoms with E-state index in [1.165, 1.54) is 11.5 Å². The first-order chi connectivity index (χ1) is 7.65. The van der Waals surface area contributed by atoms with Crippen LogP contribution in [0.2, 0.25) is 0 Å². The fourth-order valence-corrected chi connectivity index (χ4v) is 2.14. The van der Waals surface area contributed by atoms with Crippen molar-refractivity contribution in [2.45, 2.75) is 13.0 Å². The van der Waals surface area contributed by atoms with Crippen molar-refractivity contribution >= 4 is 11.5 Å². The predicted octanol–water partition coefficient (Wildman–Crippen LogP) is 0.670. The Morgan fingerprint density at radius 1 is 1.56 bits per heavy atom. The summed E-state index contributed by atoms with van der Waals surface area (Å²) in [5.41, 5.74) is 1.33. The molecule has 1 unspecified atom stereocenters. The summed E-state index contributed by atoms with van der Waals surface area (Å²) in [5.74, 6) is 0.558. The Labute approximate surface area is 96.7 Å². The summed E-state index contributed by atoms with van der Waals surface area (Å²) >= 11 is 1.18. The summed E-state index contributed by atoms with van der Waals surface area (Å²) in [5, 5.41) is 18.1. The highest BCUT2D eigenvalue weighted by atomic mass is 32.1. The summed E-state index contributed by atoms with van der Waals surface area (Å²) in [6.45, 7) is 1.81. The molecular weight excluding hydrogens is 228 g/mol. The highest BCUT2D eigenvalue weighted by Crippen LogP contribution is 2.31. The van der Waals surface area contributed by atoms with Gasteiger partial charge in [0.2, 0.25) is 0 Å². The van der Waals surface area contributed by atoms with Crippen LogP contribution in [0.25, 0.3) is 0 Å². The molecule has 6 nitrogen and oxygen atoms in total. The Kier molecular flexibility index (Phi) is 2.88. The average molecular weight is 240 g/mol. The van der Waals surface area contributed by atoms with Gasteiger partial charge in [0, 0.05) is 7.05 Å². The van der Waals surface area contributed by atoms with Crippen molar-refractivity contribution in [1.82, 2.24) is 19.4 Å². The standard InChI is InChI=1S/C9H12N4O2S/c1-5-9(16-12-11-5)8(14)7-6(15-3)4-10-13(7)2/h4,8,14H,1-3H3. The number of aryl methyl sites for hydroxylation is 2. The third kappa shape index (κ3) is 1.68. The van der Waals surface area contributed by atoms with E-state index in [0.29, 0.717) is 16.3 Å². The van der Waals surface area contributed by atoms with Crippen molar-refractivity contribution in [3.05, 3.63) is 22.5 Å². The molecule has 2 rings (SSSR count). The van der Waals surface area contributed by atoms with E-state index in [4.69, 9.17) is 4.74 Å². The highest BCUT2D eigenvalue weighted by Gasteiger charge is 2.23. The zero-order valence-corrected chi connectivity index (χ0v) is 10.0. The molecule has 2 aromatic heterocycles. The summed E-state index contributed by atoms with van der Waals surface area (Å²) < 4.78 is 10.5. The fraction of sp³-hybridized carbons (Fsp3) is 0.444. The molecule has 1 atom stereocenters. The number of methoxy groups -OCH3 is 1. The molecule has 0 aliphatic heterocycles. The molecule has 7 heteroatoms. The Hall–Kier alpha value is -1.47. The van der Waals surface area contributed by atoms with Gasteiger partial charge in [-0.15, -0.1) is 5.10 Å². The molecule has 0 aliphatic rings. The first-order valence-electron chi connectivity index (χ1n) is 4.68. The largest absolute Gasteiger partial charge is 0.493 e. The third-order valence-electron chi connectivity index (χ3n) is 2.36. The average Bonchev–Trinajstić information content (AvgIpc) is 2.83. The van der Waals surface area contributed by atoms with Crippen molar-refractivity contribution < 1.29 is 9.84 Å². The molecule has 0 aromatic carbocycles. The fourth-order valence-electron chi connectivity index (χ4n) is 1.51. The summed E-state index contributed by atoms with van der Waals surface area (Å²) in [7, 11) is 3.30. The normalized spacial score (nSPS) is 12.8. The zero-order valence-electron chi connectivity index (χ0n) is 9.21. The van der Waals surface area contributed by atoms with Crippen molar-refractivity contribution in [2.75, 3.05) is 7.11 Å². The highest BCUT2D eigenvalue weighted by molar-refractivity contribution is 7.05. The van der Waals surface area contributed by atoms with Crippen LogP contribution in [-0.4, -0.2) is 31.6 Å². The summed E-state index contributed by atoms with van der Waals surface area (Å²) in [6.07, 6.45) is 0.768. The van der Waals surface area contributed by atoms with E-state index in [-0.39, 0.29) is 0 Å². The quantitative estimate of drug-likeness (QED) is 0.853. The smallest absolute Gasteiger partial charge is 0.163 e. The topological polar surface area (TPSA) is 73.1 Å². The summed E-state index contributed by atoms with van der Waals surface area (Å²) in [4.78, 5) is 0.710. The van der Waals surface area contributed by atoms with Gasteiger partial charge in [0.05, 0.1) is 23.9 Å². The van der Waals surface area contributed by atoms with Crippen molar-refractivity contribution in [3.8, 4) is 5.75 Å². The molecule has 0 radical (unpaired) electrons. The maximum absolute atomic E-state index is 10.2. The van der Waals surface area contributed by atoms with Crippen molar-refractivity contribution in [1.29, 1.82) is 0 Å². The zero-order chi connectivity index (χ0) is 11.7. The van der Waals surface area contributed by atoms with Crippen LogP contribution in [0.5, 0.6) is 5.75 Å². The maximum atomic E-state index is 10.2. The molecule has 0 fully saturated rings. The maximum Gasteiger partial charge on any atom is 0.163 e. The van der Waals surface area contributed by atoms with Crippen LogP contribution >= 0.6 is 11.5 Å². The van der Waals surface area contributed by atoms with Gasteiger partial charge in [-0.1, -0.05) is 4.49 Å². The van der Waals surface area contributed by atoms with E-state index < -0.39 is 6.10 Å². The Bertz CT molecular complexity index is 493. The SMILES string of the molecule is COc1cnn(C)c1C(O)c1snnc1C.